The summed E-state index contributed by atoms with van der Waals surface area (Å²) in [5, 5.41) is 16.7. The zero-order chi connectivity index (χ0) is 24.0. The van der Waals surface area contributed by atoms with Gasteiger partial charge < -0.3 is 15.2 Å². The summed E-state index contributed by atoms with van der Waals surface area (Å²) in [7, 11) is 0. The number of rotatable bonds is 8. The van der Waals surface area contributed by atoms with E-state index in [1.165, 1.54) is 11.1 Å². The summed E-state index contributed by atoms with van der Waals surface area (Å²) in [6.07, 6.45) is 14.4. The quantitative estimate of drug-likeness (QED) is 0.514. The average molecular weight is 469 g/mol. The van der Waals surface area contributed by atoms with Crippen molar-refractivity contribution in [2.24, 2.45) is 10.9 Å². The van der Waals surface area contributed by atoms with E-state index in [1.807, 2.05) is 41.5 Å². The SMILES string of the molecule is O=C(O)COc1cccc2c1CCC(Cn1cc(C(C3=CN=CNC=C3)c3ccccc3)cn1)C2. The number of hydrogen-bond donors (Lipinski definition) is 2. The Kier molecular flexibility index (Phi) is 6.75. The Labute approximate surface area is 204 Å². The van der Waals surface area contributed by atoms with E-state index in [9.17, 15) is 4.79 Å². The third-order valence-corrected chi connectivity index (χ3v) is 6.54. The first-order valence-corrected chi connectivity index (χ1v) is 11.8. The van der Waals surface area contributed by atoms with Gasteiger partial charge in [-0.15, -0.1) is 0 Å². The van der Waals surface area contributed by atoms with Crippen LogP contribution in [0.2, 0.25) is 0 Å². The number of benzene rings is 2. The molecule has 3 aromatic rings. The molecule has 0 fully saturated rings. The first kappa shape index (κ1) is 22.7. The number of carboxylic acids is 1. The second-order valence-electron chi connectivity index (χ2n) is 8.93. The van der Waals surface area contributed by atoms with Crippen LogP contribution in [0.4, 0.5) is 0 Å². The lowest BCUT2D eigenvalue weighted by Gasteiger charge is -2.26. The van der Waals surface area contributed by atoms with E-state index in [1.54, 1.807) is 6.34 Å². The molecule has 35 heavy (non-hydrogen) atoms. The number of nitrogens with zero attached hydrogens (tertiary/aromatic N) is 3. The Morgan fingerprint density at radius 3 is 2.91 bits per heavy atom. The van der Waals surface area contributed by atoms with Crippen molar-refractivity contribution in [2.45, 2.75) is 31.7 Å². The van der Waals surface area contributed by atoms with E-state index in [0.717, 1.165) is 42.5 Å². The molecule has 2 aromatic carbocycles. The van der Waals surface area contributed by atoms with E-state index in [2.05, 4.69) is 52.9 Å². The Bertz CT molecular complexity index is 1280. The summed E-state index contributed by atoms with van der Waals surface area (Å²) in [5.74, 6) is 0.222. The summed E-state index contributed by atoms with van der Waals surface area (Å²) in [6.45, 7) is 0.515. The van der Waals surface area contributed by atoms with Gasteiger partial charge in [0.15, 0.2) is 6.61 Å². The van der Waals surface area contributed by atoms with Gasteiger partial charge in [0.25, 0.3) is 0 Å². The highest BCUT2D eigenvalue weighted by Crippen LogP contribution is 2.35. The minimum atomic E-state index is -0.960. The van der Waals surface area contributed by atoms with Crippen LogP contribution in [0.1, 0.15) is 34.6 Å². The summed E-state index contributed by atoms with van der Waals surface area (Å²) >= 11 is 0. The van der Waals surface area contributed by atoms with Crippen molar-refractivity contribution in [3.05, 3.63) is 107 Å². The van der Waals surface area contributed by atoms with Crippen molar-refractivity contribution in [2.75, 3.05) is 6.61 Å². The van der Waals surface area contributed by atoms with Crippen LogP contribution < -0.4 is 10.1 Å². The van der Waals surface area contributed by atoms with Crippen molar-refractivity contribution < 1.29 is 14.6 Å². The van der Waals surface area contributed by atoms with Crippen LogP contribution in [0.5, 0.6) is 5.75 Å². The third kappa shape index (κ3) is 5.35. The molecule has 0 saturated heterocycles. The molecule has 0 saturated carbocycles. The molecule has 0 radical (unpaired) electrons. The minimum Gasteiger partial charge on any atom is -0.482 e. The highest BCUT2D eigenvalue weighted by Gasteiger charge is 2.24. The Morgan fingerprint density at radius 1 is 1.17 bits per heavy atom. The predicted octanol–water partition coefficient (Wildman–Crippen LogP) is 4.31. The number of nitrogens with one attached hydrogen (secondary N) is 1. The zero-order valence-electron chi connectivity index (χ0n) is 19.4. The van der Waals surface area contributed by atoms with Crippen LogP contribution >= 0.6 is 0 Å². The van der Waals surface area contributed by atoms with E-state index >= 15 is 0 Å². The van der Waals surface area contributed by atoms with Crippen LogP contribution in [0.15, 0.2) is 90.0 Å². The summed E-state index contributed by atoms with van der Waals surface area (Å²) in [5.41, 5.74) is 5.79. The first-order valence-electron chi connectivity index (χ1n) is 11.8. The number of aliphatic imine (C=N–C) groups is 1. The number of hydrogen-bond acceptors (Lipinski definition) is 5. The van der Waals surface area contributed by atoms with Crippen LogP contribution in [-0.4, -0.2) is 33.8 Å². The molecular formula is C28H28N4O3. The Hall–Kier alpha value is -4.13. The van der Waals surface area contributed by atoms with Gasteiger partial charge in [-0.2, -0.15) is 5.10 Å². The van der Waals surface area contributed by atoms with Gasteiger partial charge in [-0.05, 0) is 59.6 Å². The molecule has 7 heteroatoms. The summed E-state index contributed by atoms with van der Waals surface area (Å²) < 4.78 is 7.57. The second-order valence-corrected chi connectivity index (χ2v) is 8.93. The maximum atomic E-state index is 10.9. The normalized spacial score (nSPS) is 17.6. The van der Waals surface area contributed by atoms with E-state index in [4.69, 9.17) is 14.9 Å². The molecule has 7 nitrogen and oxygen atoms in total. The van der Waals surface area contributed by atoms with Gasteiger partial charge >= 0.3 is 5.97 Å². The molecule has 2 unspecified atom stereocenters. The molecule has 1 aliphatic carbocycles. The van der Waals surface area contributed by atoms with Crippen molar-refractivity contribution in [1.29, 1.82) is 0 Å². The fraction of sp³-hybridized carbons (Fsp3) is 0.250. The van der Waals surface area contributed by atoms with Crippen molar-refractivity contribution >= 4 is 12.3 Å². The highest BCUT2D eigenvalue weighted by molar-refractivity contribution is 5.68. The number of carboxylic acid groups (broad SMARTS) is 1. The van der Waals surface area contributed by atoms with Gasteiger partial charge in [0.2, 0.25) is 0 Å². The lowest BCUT2D eigenvalue weighted by atomic mass is 9.83. The summed E-state index contributed by atoms with van der Waals surface area (Å²) in [4.78, 5) is 15.2. The van der Waals surface area contributed by atoms with Gasteiger partial charge in [0.05, 0.1) is 12.5 Å². The topological polar surface area (TPSA) is 88.7 Å². The van der Waals surface area contributed by atoms with Crippen LogP contribution in [-0.2, 0) is 24.2 Å². The largest absolute Gasteiger partial charge is 0.482 e. The molecule has 2 N–H and O–H groups in total. The lowest BCUT2D eigenvalue weighted by molar-refractivity contribution is -0.139. The number of carbonyl (C=O) groups is 1. The van der Waals surface area contributed by atoms with E-state index < -0.39 is 5.97 Å². The zero-order valence-corrected chi connectivity index (χ0v) is 19.4. The number of aromatic nitrogens is 2. The van der Waals surface area contributed by atoms with Crippen LogP contribution in [0, 0.1) is 5.92 Å². The number of ether oxygens (including phenoxy) is 1. The van der Waals surface area contributed by atoms with Gasteiger partial charge in [0, 0.05) is 36.6 Å². The lowest BCUT2D eigenvalue weighted by Crippen LogP contribution is -2.21. The Morgan fingerprint density at radius 2 is 2.06 bits per heavy atom. The smallest absolute Gasteiger partial charge is 0.341 e. The maximum Gasteiger partial charge on any atom is 0.341 e. The molecule has 0 spiro atoms. The number of aliphatic carboxylic acids is 1. The highest BCUT2D eigenvalue weighted by atomic mass is 16.5. The summed E-state index contributed by atoms with van der Waals surface area (Å²) in [6, 6.07) is 16.4. The van der Waals surface area contributed by atoms with Gasteiger partial charge in [-0.1, -0.05) is 42.5 Å². The predicted molar refractivity (Wildman–Crippen MR) is 134 cm³/mol. The molecule has 0 bridgehead atoms. The first-order chi connectivity index (χ1) is 17.2. The van der Waals surface area contributed by atoms with E-state index in [-0.39, 0.29) is 12.5 Å². The average Bonchev–Trinajstić information content (AvgIpc) is 3.15. The monoisotopic (exact) mass is 468 g/mol. The van der Waals surface area contributed by atoms with Crippen molar-refractivity contribution in [3.63, 3.8) is 0 Å². The fourth-order valence-corrected chi connectivity index (χ4v) is 4.96. The standard InChI is InChI=1S/C28H28N4O3/c33-27(34)18-35-26-8-4-7-22-13-20(9-10-25(22)26)16-32-17-24(15-31-32)28(21-5-2-1-3-6-21)23-11-12-29-19-30-14-23/h1-8,11-12,14-15,17,19-20,28H,9-10,13,16,18H2,(H,29,30)(H,33,34). The molecule has 2 heterocycles. The third-order valence-electron chi connectivity index (χ3n) is 6.54. The molecule has 178 valence electrons. The fourth-order valence-electron chi connectivity index (χ4n) is 4.96. The number of allylic oxidation sites excluding steroid dienone is 2. The number of fused-ring (bicyclic) bond motifs is 1. The molecule has 1 aliphatic heterocycles. The minimum absolute atomic E-state index is 0.0410. The van der Waals surface area contributed by atoms with Crippen molar-refractivity contribution in [3.8, 4) is 5.75 Å². The Balaban J connectivity index is 1.33. The van der Waals surface area contributed by atoms with Crippen molar-refractivity contribution in [1.82, 2.24) is 15.1 Å². The van der Waals surface area contributed by atoms with Crippen LogP contribution in [0.25, 0.3) is 0 Å². The van der Waals surface area contributed by atoms with Gasteiger partial charge in [-0.3, -0.25) is 4.68 Å². The molecular weight excluding hydrogens is 440 g/mol. The molecule has 1 aromatic heterocycles. The second kappa shape index (κ2) is 10.4. The molecule has 0 amide bonds. The molecule has 5 rings (SSSR count). The maximum absolute atomic E-state index is 10.9. The van der Waals surface area contributed by atoms with Gasteiger partial charge in [0.1, 0.15) is 5.75 Å². The van der Waals surface area contributed by atoms with Crippen LogP contribution in [0.3, 0.4) is 0 Å². The molecule has 2 atom stereocenters. The molecule has 2 aliphatic rings. The van der Waals surface area contributed by atoms with E-state index in [0.29, 0.717) is 11.7 Å². The van der Waals surface area contributed by atoms with Gasteiger partial charge in [-0.25, -0.2) is 9.79 Å².